The van der Waals surface area contributed by atoms with Crippen LogP contribution in [0.1, 0.15) is 36.8 Å². The summed E-state index contributed by atoms with van der Waals surface area (Å²) in [6.07, 6.45) is 5.92. The normalized spacial score (nSPS) is 26.7. The van der Waals surface area contributed by atoms with Crippen LogP contribution in [0.5, 0.6) is 17.2 Å². The van der Waals surface area contributed by atoms with Crippen molar-refractivity contribution >= 4 is 53.0 Å². The lowest BCUT2D eigenvalue weighted by atomic mass is 9.50. The first-order valence-corrected chi connectivity index (χ1v) is 17.5. The third-order valence-corrected chi connectivity index (χ3v) is 11.3. The van der Waals surface area contributed by atoms with E-state index >= 15 is 4.79 Å². The zero-order valence-corrected chi connectivity index (χ0v) is 29.3. The van der Waals surface area contributed by atoms with Crippen molar-refractivity contribution in [3.05, 3.63) is 101 Å². The van der Waals surface area contributed by atoms with Gasteiger partial charge in [-0.15, -0.1) is 0 Å². The largest absolute Gasteiger partial charge is 0.502 e. The van der Waals surface area contributed by atoms with Crippen LogP contribution >= 0.6 is 11.6 Å². The van der Waals surface area contributed by atoms with Gasteiger partial charge in [0.1, 0.15) is 0 Å². The number of phenols is 1. The number of phenolic OH excluding ortho intramolecular Hbond substituents is 1. The van der Waals surface area contributed by atoms with Gasteiger partial charge in [-0.3, -0.25) is 28.9 Å². The van der Waals surface area contributed by atoms with Crippen molar-refractivity contribution < 1.29 is 43.7 Å². The number of hydrogen-bond acceptors (Lipinski definition) is 8. The topological polar surface area (TPSA) is 151 Å². The number of allylic oxidation sites excluding steroid dienone is 3. The second-order valence-corrected chi connectivity index (χ2v) is 14.0. The number of rotatable bonds is 10. The molecule has 6 atom stereocenters. The quantitative estimate of drug-likeness (QED) is 0.200. The number of aliphatic carboxylic acids is 1. The molecule has 12 heteroatoms. The Kier molecular flexibility index (Phi) is 9.16. The van der Waals surface area contributed by atoms with Gasteiger partial charge < -0.3 is 19.7 Å². The van der Waals surface area contributed by atoms with Crippen molar-refractivity contribution in [2.45, 2.75) is 31.1 Å². The van der Waals surface area contributed by atoms with E-state index in [2.05, 4.69) is 0 Å². The van der Waals surface area contributed by atoms with Crippen molar-refractivity contribution in [2.75, 3.05) is 25.7 Å². The molecule has 7 rings (SSSR count). The van der Waals surface area contributed by atoms with Crippen LogP contribution in [0.15, 0.2) is 84.5 Å². The van der Waals surface area contributed by atoms with Gasteiger partial charge in [-0.05, 0) is 66.6 Å². The summed E-state index contributed by atoms with van der Waals surface area (Å²) >= 11 is 6.37. The maximum atomic E-state index is 15.2. The first-order valence-electron chi connectivity index (χ1n) is 17.1. The van der Waals surface area contributed by atoms with Crippen LogP contribution in [0.25, 0.3) is 6.08 Å². The number of ether oxygens (including phenoxy) is 2. The summed E-state index contributed by atoms with van der Waals surface area (Å²) in [5.41, 5.74) is 0.879. The molecule has 4 aliphatic rings. The Morgan fingerprint density at radius 3 is 2.31 bits per heavy atom. The Balaban J connectivity index is 1.41. The maximum Gasteiger partial charge on any atom is 0.303 e. The number of likely N-dealkylation sites (tertiary alicyclic amines) is 1. The van der Waals surface area contributed by atoms with E-state index < -0.39 is 52.8 Å². The molecule has 0 aromatic heterocycles. The van der Waals surface area contributed by atoms with Gasteiger partial charge in [-0.2, -0.15) is 0 Å². The molecule has 3 aromatic carbocycles. The number of carbonyl (C=O) groups excluding carboxylic acids is 4. The van der Waals surface area contributed by atoms with Crippen molar-refractivity contribution in [1.82, 2.24) is 4.90 Å². The van der Waals surface area contributed by atoms with Crippen molar-refractivity contribution in [3.8, 4) is 17.2 Å². The molecule has 52 heavy (non-hydrogen) atoms. The average molecular weight is 725 g/mol. The standard InChI is InChI=1S/C40H37ClN2O9/c1-51-31-18-22(19-32(52-2)35(31)46)13-16-29-26-14-15-27-34(38(49)42(36(27)47)17-7-12-33(44)45)28(26)21-30-37(48)43(25-11-6-10-24(41)20-25)39(50)40(29,30)23-8-4-3-5-9-23/h3-6,8-11,13-14,16,18-20,27-30,34,46H,7,12,15,17,21H2,1-2H3,(H,44,45)/t27-,28+,29-,30-,34-,40-/m0/s1. The lowest BCUT2D eigenvalue weighted by molar-refractivity contribution is -0.142. The Morgan fingerprint density at radius 2 is 1.65 bits per heavy atom. The summed E-state index contributed by atoms with van der Waals surface area (Å²) in [6.45, 7) is -0.00971. The molecule has 3 aromatic rings. The fourth-order valence-corrected chi connectivity index (χ4v) is 9.07. The summed E-state index contributed by atoms with van der Waals surface area (Å²) in [7, 11) is 2.84. The number of nitrogens with zero attached hydrogens (tertiary/aromatic N) is 2. The predicted molar refractivity (Wildman–Crippen MR) is 191 cm³/mol. The molecule has 0 spiro atoms. The zero-order chi connectivity index (χ0) is 36.9. The minimum Gasteiger partial charge on any atom is -0.502 e. The number of amides is 4. The van der Waals surface area contributed by atoms with E-state index in [4.69, 9.17) is 21.1 Å². The van der Waals surface area contributed by atoms with Crippen molar-refractivity contribution in [2.24, 2.45) is 29.6 Å². The highest BCUT2D eigenvalue weighted by Crippen LogP contribution is 2.62. The Bertz CT molecular complexity index is 2020. The summed E-state index contributed by atoms with van der Waals surface area (Å²) in [4.78, 5) is 71.4. The number of benzene rings is 3. The molecule has 1 saturated carbocycles. The molecular formula is C40H37ClN2O9. The number of anilines is 1. The third kappa shape index (κ3) is 5.46. The van der Waals surface area contributed by atoms with E-state index in [0.29, 0.717) is 21.8 Å². The van der Waals surface area contributed by atoms with Gasteiger partial charge in [-0.25, -0.2) is 4.90 Å². The second-order valence-electron chi connectivity index (χ2n) is 13.6. The van der Waals surface area contributed by atoms with Crippen LogP contribution in [0.2, 0.25) is 5.02 Å². The number of methoxy groups -OCH3 is 2. The van der Waals surface area contributed by atoms with Gasteiger partial charge in [0, 0.05) is 23.9 Å². The number of imide groups is 2. The number of aromatic hydroxyl groups is 1. The van der Waals surface area contributed by atoms with Gasteiger partial charge in [0.15, 0.2) is 11.5 Å². The molecule has 0 unspecified atom stereocenters. The summed E-state index contributed by atoms with van der Waals surface area (Å²) < 4.78 is 10.8. The third-order valence-electron chi connectivity index (χ3n) is 11.1. The zero-order valence-electron chi connectivity index (χ0n) is 28.5. The van der Waals surface area contributed by atoms with Crippen LogP contribution in [-0.2, 0) is 29.4 Å². The van der Waals surface area contributed by atoms with Gasteiger partial charge in [-0.1, -0.05) is 71.8 Å². The molecule has 2 heterocycles. The maximum absolute atomic E-state index is 15.2. The lowest BCUT2D eigenvalue weighted by Gasteiger charge is -2.49. The molecule has 0 radical (unpaired) electrons. The number of fused-ring (bicyclic) bond motifs is 4. The average Bonchev–Trinajstić information content (AvgIpc) is 3.52. The smallest absolute Gasteiger partial charge is 0.303 e. The first-order chi connectivity index (χ1) is 25.0. The van der Waals surface area contributed by atoms with Crippen molar-refractivity contribution in [3.63, 3.8) is 0 Å². The molecule has 2 saturated heterocycles. The SMILES string of the molecule is COc1cc(C=C[C@H]2C3=CC[C@@H]4C(=O)N(CCCC(=O)O)C(=O)[C@@H]4[C@@H]3C[C@H]3C(=O)N(c4cccc(Cl)c4)C(=O)[C@@]23c2ccccc2)cc(OC)c1O. The minimum atomic E-state index is -1.44. The molecule has 4 amide bonds. The highest BCUT2D eigenvalue weighted by molar-refractivity contribution is 6.32. The molecule has 268 valence electrons. The molecule has 3 fully saturated rings. The fourth-order valence-electron chi connectivity index (χ4n) is 8.88. The summed E-state index contributed by atoms with van der Waals surface area (Å²) in [6, 6.07) is 19.0. The van der Waals surface area contributed by atoms with E-state index in [0.717, 1.165) is 5.57 Å². The van der Waals surface area contributed by atoms with Gasteiger partial charge in [0.2, 0.25) is 29.4 Å². The Labute approximate surface area is 305 Å². The van der Waals surface area contributed by atoms with E-state index in [9.17, 15) is 29.4 Å². The molecular weight excluding hydrogens is 688 g/mol. The van der Waals surface area contributed by atoms with E-state index in [1.807, 2.05) is 42.5 Å². The van der Waals surface area contributed by atoms with Crippen LogP contribution in [-0.4, -0.2) is 65.5 Å². The van der Waals surface area contributed by atoms with E-state index in [1.165, 1.54) is 24.0 Å². The lowest BCUT2D eigenvalue weighted by Crippen LogP contribution is -2.54. The molecule has 2 aliphatic heterocycles. The summed E-state index contributed by atoms with van der Waals surface area (Å²) in [5.74, 6) is -6.12. The van der Waals surface area contributed by atoms with Crippen LogP contribution in [0.3, 0.4) is 0 Å². The predicted octanol–water partition coefficient (Wildman–Crippen LogP) is 5.64. The highest BCUT2D eigenvalue weighted by Gasteiger charge is 2.69. The Hall–Kier alpha value is -5.42. The van der Waals surface area contributed by atoms with Crippen LogP contribution < -0.4 is 14.4 Å². The van der Waals surface area contributed by atoms with Gasteiger partial charge >= 0.3 is 5.97 Å². The molecule has 2 aliphatic carbocycles. The number of carbonyl (C=O) groups is 5. The van der Waals surface area contributed by atoms with Crippen LogP contribution in [0, 0.1) is 29.6 Å². The minimum absolute atomic E-state index is 0.00971. The molecule has 0 bridgehead atoms. The second kappa shape index (κ2) is 13.6. The number of halogens is 1. The van der Waals surface area contributed by atoms with Gasteiger partial charge in [0.05, 0.1) is 43.1 Å². The van der Waals surface area contributed by atoms with E-state index in [-0.39, 0.29) is 61.3 Å². The number of hydrogen-bond donors (Lipinski definition) is 2. The monoisotopic (exact) mass is 724 g/mol. The number of carboxylic acids is 1. The highest BCUT2D eigenvalue weighted by atomic mass is 35.5. The summed E-state index contributed by atoms with van der Waals surface area (Å²) in [5, 5.41) is 20.1. The number of carboxylic acid groups (broad SMARTS) is 1. The molecule has 2 N–H and O–H groups in total. The molecule has 11 nitrogen and oxygen atoms in total. The van der Waals surface area contributed by atoms with Crippen molar-refractivity contribution in [1.29, 1.82) is 0 Å². The fraction of sp³-hybridized carbons (Fsp3) is 0.325. The Morgan fingerprint density at radius 1 is 0.942 bits per heavy atom. The van der Waals surface area contributed by atoms with Crippen LogP contribution in [0.4, 0.5) is 5.69 Å². The van der Waals surface area contributed by atoms with Gasteiger partial charge in [0.25, 0.3) is 0 Å². The first kappa shape index (κ1) is 35.0. The van der Waals surface area contributed by atoms with E-state index in [1.54, 1.807) is 42.5 Å².